The number of aryl methyl sites for hydroxylation is 1. The lowest BCUT2D eigenvalue weighted by atomic mass is 10.3. The topological polar surface area (TPSA) is 66.6 Å². The van der Waals surface area contributed by atoms with Crippen molar-refractivity contribution < 1.29 is 0 Å². The summed E-state index contributed by atoms with van der Waals surface area (Å²) in [5.41, 5.74) is 0.888. The number of aliphatic imine (C=N–C) groups is 1. The van der Waals surface area contributed by atoms with Crippen molar-refractivity contribution in [2.24, 2.45) is 4.99 Å². The zero-order valence-corrected chi connectivity index (χ0v) is 14.4. The van der Waals surface area contributed by atoms with E-state index in [-0.39, 0.29) is 24.0 Å². The molecule has 2 rings (SSSR count). The van der Waals surface area contributed by atoms with Crippen molar-refractivity contribution >= 4 is 35.6 Å². The monoisotopic (exact) mass is 400 g/mol. The van der Waals surface area contributed by atoms with E-state index < -0.39 is 0 Å². The molecule has 2 N–H and O–H groups in total. The van der Waals surface area contributed by atoms with Gasteiger partial charge in [-0.05, 0) is 18.6 Å². The van der Waals surface area contributed by atoms with E-state index in [2.05, 4.69) is 32.4 Å². The van der Waals surface area contributed by atoms with Crippen LogP contribution in [0.4, 0.5) is 0 Å². The minimum atomic E-state index is 0. The molecule has 0 aliphatic heterocycles. The maximum absolute atomic E-state index is 4.21. The van der Waals surface area contributed by atoms with Crippen molar-refractivity contribution in [3.8, 4) is 0 Å². The van der Waals surface area contributed by atoms with Gasteiger partial charge >= 0.3 is 0 Å². The first-order valence-corrected chi connectivity index (χ1v) is 6.69. The van der Waals surface area contributed by atoms with E-state index in [1.165, 1.54) is 0 Å². The Hall–Kier alpha value is -1.64. The number of pyridine rings is 1. The smallest absolute Gasteiger partial charge is 0.191 e. The van der Waals surface area contributed by atoms with Gasteiger partial charge in [0.15, 0.2) is 11.6 Å². The summed E-state index contributed by atoms with van der Waals surface area (Å²) in [6, 6.07) is 5.90. The molecule has 0 saturated heterocycles. The van der Waals surface area contributed by atoms with Crippen LogP contribution in [-0.4, -0.2) is 40.7 Å². The normalized spacial score (nSPS) is 11.0. The molecule has 0 atom stereocenters. The second-order valence-electron chi connectivity index (χ2n) is 4.32. The van der Waals surface area contributed by atoms with Crippen molar-refractivity contribution in [2.75, 3.05) is 20.1 Å². The van der Waals surface area contributed by atoms with Gasteiger partial charge in [-0.2, -0.15) is 0 Å². The third-order valence-corrected chi connectivity index (χ3v) is 2.89. The minimum Gasteiger partial charge on any atom is -0.356 e. The fraction of sp³-hybridized carbons (Fsp3) is 0.357. The molecule has 2 aromatic heterocycles. The highest BCUT2D eigenvalue weighted by Crippen LogP contribution is 2.04. The van der Waals surface area contributed by atoms with Gasteiger partial charge in [0, 0.05) is 32.8 Å². The molecule has 21 heavy (non-hydrogen) atoms. The molecule has 0 aromatic carbocycles. The Balaban J connectivity index is 0.00000220. The Kier molecular flexibility index (Phi) is 7.73. The summed E-state index contributed by atoms with van der Waals surface area (Å²) < 4.78 is 2.02. The molecule has 0 radical (unpaired) electrons. The molecule has 6 nitrogen and oxygen atoms in total. The lowest BCUT2D eigenvalue weighted by Crippen LogP contribution is -2.37. The molecule has 0 amide bonds. The summed E-state index contributed by atoms with van der Waals surface area (Å²) in [5, 5.41) is 14.7. The molecule has 0 unspecified atom stereocenters. The van der Waals surface area contributed by atoms with Gasteiger partial charge in [-0.3, -0.25) is 9.39 Å². The molecule has 7 heteroatoms. The maximum Gasteiger partial charge on any atom is 0.191 e. The van der Waals surface area contributed by atoms with E-state index in [0.717, 1.165) is 36.8 Å². The van der Waals surface area contributed by atoms with E-state index in [1.54, 1.807) is 13.1 Å². The molecule has 0 fully saturated rings. The van der Waals surface area contributed by atoms with E-state index >= 15 is 0 Å². The molecule has 0 aliphatic carbocycles. The second-order valence-corrected chi connectivity index (χ2v) is 4.32. The Labute approximate surface area is 141 Å². The number of nitrogens with zero attached hydrogens (tertiary/aromatic N) is 4. The van der Waals surface area contributed by atoms with Crippen LogP contribution in [-0.2, 0) is 6.42 Å². The number of fused-ring (bicyclic) bond motifs is 1. The fourth-order valence-electron chi connectivity index (χ4n) is 1.90. The summed E-state index contributed by atoms with van der Waals surface area (Å²) in [4.78, 5) is 4.12. The number of hydrogen-bond donors (Lipinski definition) is 2. The highest BCUT2D eigenvalue weighted by Gasteiger charge is 2.04. The molecular weight excluding hydrogens is 379 g/mol. The van der Waals surface area contributed by atoms with Crippen molar-refractivity contribution in [3.63, 3.8) is 0 Å². The standard InChI is InChI=1S/C14H20N6.HI/c1-3-9-16-14(15-2)17-10-6-8-13-19-18-12-7-4-5-11-20(12)13;/h3-5,7,11H,1,6,8-10H2,2H3,(H2,15,16,17);1H. The highest BCUT2D eigenvalue weighted by atomic mass is 127. The molecule has 114 valence electrons. The number of nitrogens with one attached hydrogen (secondary N) is 2. The average Bonchev–Trinajstić information content (AvgIpc) is 2.90. The SMILES string of the molecule is C=CCNC(=NC)NCCCc1nnc2ccccn12.I. The largest absolute Gasteiger partial charge is 0.356 e. The quantitative estimate of drug-likeness (QED) is 0.254. The first-order valence-electron chi connectivity index (χ1n) is 6.69. The van der Waals surface area contributed by atoms with Crippen LogP contribution in [0.25, 0.3) is 5.65 Å². The summed E-state index contributed by atoms with van der Waals surface area (Å²) in [5.74, 6) is 1.77. The first-order chi connectivity index (χ1) is 9.85. The van der Waals surface area contributed by atoms with Gasteiger partial charge in [0.05, 0.1) is 0 Å². The number of halogens is 1. The van der Waals surface area contributed by atoms with Gasteiger partial charge in [0.2, 0.25) is 0 Å². The van der Waals surface area contributed by atoms with E-state index in [1.807, 2.05) is 28.8 Å². The lowest BCUT2D eigenvalue weighted by Gasteiger charge is -2.09. The minimum absolute atomic E-state index is 0. The third kappa shape index (κ3) is 5.00. The number of guanidine groups is 1. The summed E-state index contributed by atoms with van der Waals surface area (Å²) in [6.07, 6.45) is 5.62. The average molecular weight is 400 g/mol. The third-order valence-electron chi connectivity index (χ3n) is 2.89. The number of rotatable bonds is 6. The molecule has 0 aliphatic rings. The number of aromatic nitrogens is 3. The highest BCUT2D eigenvalue weighted by molar-refractivity contribution is 14.0. The zero-order valence-electron chi connectivity index (χ0n) is 12.1. The maximum atomic E-state index is 4.21. The second kappa shape index (κ2) is 9.32. The van der Waals surface area contributed by atoms with Crippen molar-refractivity contribution in [1.29, 1.82) is 0 Å². The Morgan fingerprint density at radius 2 is 2.24 bits per heavy atom. The van der Waals surface area contributed by atoms with Crippen molar-refractivity contribution in [1.82, 2.24) is 25.2 Å². The van der Waals surface area contributed by atoms with Crippen LogP contribution in [0.2, 0.25) is 0 Å². The fourth-order valence-corrected chi connectivity index (χ4v) is 1.90. The van der Waals surface area contributed by atoms with Crippen molar-refractivity contribution in [2.45, 2.75) is 12.8 Å². The molecule has 0 saturated carbocycles. The molecule has 2 heterocycles. The van der Waals surface area contributed by atoms with Crippen LogP contribution in [0.3, 0.4) is 0 Å². The van der Waals surface area contributed by atoms with Crippen molar-refractivity contribution in [3.05, 3.63) is 42.9 Å². The van der Waals surface area contributed by atoms with Crippen LogP contribution >= 0.6 is 24.0 Å². The Morgan fingerprint density at radius 3 is 3.00 bits per heavy atom. The lowest BCUT2D eigenvalue weighted by molar-refractivity contribution is 0.720. The van der Waals surface area contributed by atoms with Crippen LogP contribution in [0.1, 0.15) is 12.2 Å². The Morgan fingerprint density at radius 1 is 1.38 bits per heavy atom. The van der Waals surface area contributed by atoms with Crippen LogP contribution in [0.15, 0.2) is 42.0 Å². The van der Waals surface area contributed by atoms with Crippen LogP contribution in [0, 0.1) is 0 Å². The van der Waals surface area contributed by atoms with Gasteiger partial charge < -0.3 is 10.6 Å². The summed E-state index contributed by atoms with van der Waals surface area (Å²) in [7, 11) is 1.75. The van der Waals surface area contributed by atoms with Gasteiger partial charge in [-0.1, -0.05) is 12.1 Å². The van der Waals surface area contributed by atoms with E-state index in [0.29, 0.717) is 6.54 Å². The predicted molar refractivity (Wildman–Crippen MR) is 96.3 cm³/mol. The van der Waals surface area contributed by atoms with E-state index in [4.69, 9.17) is 0 Å². The predicted octanol–water partition coefficient (Wildman–Crippen LogP) is 1.63. The molecule has 2 aromatic rings. The molecule has 0 bridgehead atoms. The number of hydrogen-bond acceptors (Lipinski definition) is 3. The summed E-state index contributed by atoms with van der Waals surface area (Å²) >= 11 is 0. The van der Waals surface area contributed by atoms with Crippen LogP contribution < -0.4 is 10.6 Å². The van der Waals surface area contributed by atoms with Gasteiger partial charge in [-0.15, -0.1) is 40.8 Å². The molecular formula is C14H21IN6. The Bertz CT molecular complexity index is 592. The zero-order chi connectivity index (χ0) is 14.2. The van der Waals surface area contributed by atoms with Gasteiger partial charge in [0.1, 0.15) is 5.82 Å². The summed E-state index contributed by atoms with van der Waals surface area (Å²) in [6.45, 7) is 5.20. The van der Waals surface area contributed by atoms with Crippen LogP contribution in [0.5, 0.6) is 0 Å². The first kappa shape index (κ1) is 17.4. The van der Waals surface area contributed by atoms with Gasteiger partial charge in [-0.25, -0.2) is 0 Å². The molecule has 0 spiro atoms. The van der Waals surface area contributed by atoms with Gasteiger partial charge in [0.25, 0.3) is 0 Å². The van der Waals surface area contributed by atoms with E-state index in [9.17, 15) is 0 Å².